The topological polar surface area (TPSA) is 314 Å². The summed E-state index contributed by atoms with van der Waals surface area (Å²) in [7, 11) is 0. The van der Waals surface area contributed by atoms with Gasteiger partial charge in [0, 0.05) is 0 Å². The van der Waals surface area contributed by atoms with Gasteiger partial charge in [-0.05, 0) is 0 Å². The molecule has 0 saturated carbocycles. The number of hydrogen-bond acceptors (Lipinski definition) is 0. The maximum Gasteiger partial charge on any atom is 4.00 e. The van der Waals surface area contributed by atoms with Crippen molar-refractivity contribution in [2.75, 3.05) is 0 Å². The quantitative estimate of drug-likeness (QED) is 0.239. The van der Waals surface area contributed by atoms with Crippen LogP contribution in [0.25, 0.3) is 0 Å². The first-order chi connectivity index (χ1) is 0. The molecule has 0 aromatic rings. The molecule has 98 valence electrons. The Morgan fingerprint density at radius 1 is 0.263 bits per heavy atom. The summed E-state index contributed by atoms with van der Waals surface area (Å²) in [5.74, 6) is 0. The van der Waals surface area contributed by atoms with Crippen LogP contribution < -0.4 is 0 Å². The summed E-state index contributed by atoms with van der Waals surface area (Å²) in [4.78, 5) is 0. The zero-order chi connectivity index (χ0) is 0. The number of rotatable bonds is 0. The molecule has 0 aromatic heterocycles. The second-order valence-corrected chi connectivity index (χ2v) is 0. The summed E-state index contributed by atoms with van der Waals surface area (Å²) < 4.78 is 0. The van der Waals surface area contributed by atoms with E-state index in [1.807, 2.05) is 0 Å². The molecule has 2 radical (unpaired) electrons. The van der Waals surface area contributed by atoms with Crippen molar-refractivity contribution in [2.45, 2.75) is 0 Å². The van der Waals surface area contributed by atoms with Crippen LogP contribution in [0.15, 0.2) is 0 Å². The maximum absolute atomic E-state index is 0. The van der Waals surface area contributed by atoms with Crippen molar-refractivity contribution < 1.29 is 177 Å². The van der Waals surface area contributed by atoms with Crippen molar-refractivity contribution in [2.24, 2.45) is 0 Å². The molecule has 0 saturated heterocycles. The standard InChI is InChI=1S/2Ba.2Fe.11O.2Ti.2Zn/q2*+2;2*+3;11*-2;2*+4;2*+2. The fraction of sp³-hybridized carbons (Fsp3) is 0. The van der Waals surface area contributed by atoms with Crippen LogP contribution >= 0.6 is 0 Å². The zero-order valence-electron chi connectivity index (χ0n) is 9.03. The van der Waals surface area contributed by atoms with Gasteiger partial charge >= 0.3 is 214 Å². The summed E-state index contributed by atoms with van der Waals surface area (Å²) in [5.41, 5.74) is 0. The normalized spacial score (nSPS) is 0. The summed E-state index contributed by atoms with van der Waals surface area (Å²) in [5, 5.41) is 0. The zero-order valence-corrected chi connectivity index (χ0v) is 29.2. The van der Waals surface area contributed by atoms with E-state index in [9.17, 15) is 0 Å². The molecule has 0 amide bonds. The smallest absolute Gasteiger partial charge is 2.00 e. The van der Waals surface area contributed by atoms with Gasteiger partial charge in [-0.1, -0.05) is 0 Å². The van der Waals surface area contributed by atoms with Crippen LogP contribution in [0.1, 0.15) is 0 Å². The van der Waals surface area contributed by atoms with Gasteiger partial charge < -0.3 is 60.2 Å². The second-order valence-electron chi connectivity index (χ2n) is 0. The van der Waals surface area contributed by atoms with Crippen molar-refractivity contribution in [3.8, 4) is 0 Å². The van der Waals surface area contributed by atoms with E-state index in [2.05, 4.69) is 0 Å². The van der Waals surface area contributed by atoms with Gasteiger partial charge in [0.05, 0.1) is 0 Å². The predicted molar refractivity (Wildman–Crippen MR) is 19.1 cm³/mol. The van der Waals surface area contributed by atoms with Gasteiger partial charge in [0.25, 0.3) is 0 Å². The molecule has 11 nitrogen and oxygen atoms in total. The second kappa shape index (κ2) is 325. The third-order valence-electron chi connectivity index (χ3n) is 0. The van der Waals surface area contributed by atoms with E-state index in [1.165, 1.54) is 0 Å². The molecule has 0 aromatic carbocycles. The van der Waals surface area contributed by atoms with Crippen molar-refractivity contribution in [3.63, 3.8) is 0 Å². The fourth-order valence-corrected chi connectivity index (χ4v) is 0. The van der Waals surface area contributed by atoms with E-state index in [1.54, 1.807) is 0 Å². The first-order valence-corrected chi connectivity index (χ1v) is 0. The third-order valence-corrected chi connectivity index (χ3v) is 0. The fourth-order valence-electron chi connectivity index (χ4n) is 0. The van der Waals surface area contributed by atoms with Crippen LogP contribution in [0, 0.1) is 0 Å². The Bertz CT molecular complexity index is 34.7. The molecule has 0 fully saturated rings. The van der Waals surface area contributed by atoms with Gasteiger partial charge in [-0.3, -0.25) is 0 Å². The third kappa shape index (κ3) is 298. The number of hydrogen-bond donors (Lipinski definition) is 0. The monoisotopic (exact) mass is 787 g/mol. The molecule has 0 aliphatic carbocycles. The molecule has 19 heteroatoms. The van der Waals surface area contributed by atoms with Crippen LogP contribution in [0.3, 0.4) is 0 Å². The largest absolute Gasteiger partial charge is 4.00 e. The summed E-state index contributed by atoms with van der Waals surface area (Å²) in [6.07, 6.45) is 0. The summed E-state index contributed by atoms with van der Waals surface area (Å²) >= 11 is 0. The first kappa shape index (κ1) is 368. The molecule has 0 atom stereocenters. The molecule has 0 heterocycles. The van der Waals surface area contributed by atoms with Crippen LogP contribution in [-0.2, 0) is 177 Å². The summed E-state index contributed by atoms with van der Waals surface area (Å²) in [6.45, 7) is 0. The van der Waals surface area contributed by atoms with Gasteiger partial charge in [0.2, 0.25) is 0 Å². The Morgan fingerprint density at radius 2 is 0.263 bits per heavy atom. The summed E-state index contributed by atoms with van der Waals surface area (Å²) in [6, 6.07) is 0. The minimum Gasteiger partial charge on any atom is -2.00 e. The van der Waals surface area contributed by atoms with Gasteiger partial charge in [0.15, 0.2) is 0 Å². The Kier molecular flexibility index (Phi) is 6300. The van der Waals surface area contributed by atoms with Crippen LogP contribution in [0.2, 0.25) is 0 Å². The van der Waals surface area contributed by atoms with Crippen molar-refractivity contribution in [3.05, 3.63) is 0 Å². The van der Waals surface area contributed by atoms with E-state index in [4.69, 9.17) is 0 Å². The Labute approximate surface area is 268 Å². The first-order valence-electron chi connectivity index (χ1n) is 0. The van der Waals surface area contributed by atoms with Gasteiger partial charge in [-0.25, -0.2) is 0 Å². The average molecular weight is 789 g/mol. The minimum atomic E-state index is 0. The minimum absolute atomic E-state index is 0. The predicted octanol–water partition coefficient (Wildman–Crippen LogP) is -2.08. The van der Waals surface area contributed by atoms with E-state index >= 15 is 0 Å². The van der Waals surface area contributed by atoms with Crippen LogP contribution in [0.5, 0.6) is 0 Å². The Hall–Kier alpha value is 6.42. The molecule has 0 aliphatic rings. The van der Waals surface area contributed by atoms with Crippen molar-refractivity contribution >= 4 is 97.8 Å². The van der Waals surface area contributed by atoms with E-state index in [-0.39, 0.29) is 275 Å². The molecular formula is Ba2Fe2O11Ti2Zn2. The van der Waals surface area contributed by atoms with Crippen molar-refractivity contribution in [1.29, 1.82) is 0 Å². The van der Waals surface area contributed by atoms with Gasteiger partial charge in [-0.15, -0.1) is 0 Å². The Morgan fingerprint density at radius 3 is 0.263 bits per heavy atom. The maximum atomic E-state index is 0. The average Bonchev–Trinajstić information content (AvgIpc) is 0. The molecule has 0 aliphatic heterocycles. The van der Waals surface area contributed by atoms with Gasteiger partial charge in [-0.2, -0.15) is 0 Å². The molecular weight excluding hydrogens is 789 g/mol. The molecule has 19 heavy (non-hydrogen) atoms. The molecule has 0 N–H and O–H groups in total. The van der Waals surface area contributed by atoms with Crippen LogP contribution in [-0.4, -0.2) is 97.8 Å². The molecule has 0 rings (SSSR count). The molecule has 0 unspecified atom stereocenters. The van der Waals surface area contributed by atoms with Gasteiger partial charge in [0.1, 0.15) is 0 Å². The van der Waals surface area contributed by atoms with Crippen LogP contribution in [0.4, 0.5) is 0 Å². The molecule has 0 spiro atoms. The van der Waals surface area contributed by atoms with E-state index in [0.29, 0.717) is 0 Å². The van der Waals surface area contributed by atoms with E-state index < -0.39 is 0 Å². The molecule has 0 bridgehead atoms. The Balaban J connectivity index is 0. The van der Waals surface area contributed by atoms with Crippen molar-refractivity contribution in [1.82, 2.24) is 0 Å². The van der Waals surface area contributed by atoms with E-state index in [0.717, 1.165) is 0 Å². The SMILES string of the molecule is [Ba+2].[Ba+2].[Fe+3].[Fe+3].[O-2].[O-2].[O-2].[O-2].[O-2].[O-2].[O-2].[O-2].[O-2].[O-2].[O-2].[Ti+4].[Ti+4].[Zn+2].[Zn+2].